The van der Waals surface area contributed by atoms with Gasteiger partial charge in [-0.15, -0.1) is 0 Å². The van der Waals surface area contributed by atoms with Crippen molar-refractivity contribution in [3.63, 3.8) is 0 Å². The molecular weight excluding hydrogens is 449 g/mol. The number of amides is 1. The molecule has 0 aliphatic carbocycles. The lowest BCUT2D eigenvalue weighted by Gasteiger charge is -2.24. The van der Waals surface area contributed by atoms with E-state index in [-0.39, 0.29) is 17.0 Å². The van der Waals surface area contributed by atoms with E-state index in [9.17, 15) is 4.79 Å². The van der Waals surface area contributed by atoms with Crippen LogP contribution < -0.4 is 0 Å². The van der Waals surface area contributed by atoms with Crippen molar-refractivity contribution in [2.75, 3.05) is 26.3 Å². The van der Waals surface area contributed by atoms with Crippen LogP contribution in [0.15, 0.2) is 0 Å². The van der Waals surface area contributed by atoms with E-state index in [1.54, 1.807) is 4.90 Å². The fraction of sp³-hybridized carbons (Fsp3) is 0.909. The zero-order chi connectivity index (χ0) is 14.5. The van der Waals surface area contributed by atoms with Crippen LogP contribution >= 0.6 is 46.3 Å². The Hall–Kier alpha value is 0.750. The fourth-order valence-electron chi connectivity index (χ4n) is 1.63. The van der Waals surface area contributed by atoms with Crippen molar-refractivity contribution in [3.05, 3.63) is 0 Å². The minimum atomic E-state index is -0.469. The van der Waals surface area contributed by atoms with Gasteiger partial charge in [0.05, 0.1) is 39.9 Å². The monoisotopic (exact) mass is 467 g/mol. The number of nitrogens with zero attached hydrogens (tertiary/aromatic N) is 1. The summed E-state index contributed by atoms with van der Waals surface area (Å²) in [5.74, 6) is 0. The Balaban J connectivity index is 2.35. The van der Waals surface area contributed by atoms with Gasteiger partial charge in [-0.1, -0.05) is 15.9 Å². The first-order valence-corrected chi connectivity index (χ1v) is 10.2. The highest BCUT2D eigenvalue weighted by atomic mass is 127. The van der Waals surface area contributed by atoms with Crippen molar-refractivity contribution in [1.82, 2.24) is 4.90 Å². The van der Waals surface area contributed by atoms with Gasteiger partial charge in [0.1, 0.15) is 5.60 Å². The Morgan fingerprint density at radius 2 is 2.11 bits per heavy atom. The highest BCUT2D eigenvalue weighted by Gasteiger charge is 2.36. The summed E-state index contributed by atoms with van der Waals surface area (Å²) in [6.45, 7) is 7.78. The molecule has 0 N–H and O–H groups in total. The van der Waals surface area contributed by atoms with Crippen LogP contribution in [0.4, 0.5) is 4.79 Å². The Bertz CT molecular complexity index is 303. The van der Waals surface area contributed by atoms with E-state index < -0.39 is 5.60 Å². The Morgan fingerprint density at radius 3 is 2.68 bits per heavy atom. The molecule has 5 nitrogen and oxygen atoms in total. The van der Waals surface area contributed by atoms with E-state index in [2.05, 4.69) is 37.1 Å². The van der Waals surface area contributed by atoms with Gasteiger partial charge in [0, 0.05) is 27.8 Å². The molecule has 0 aromatic carbocycles. The number of carbonyl (C=O) groups excluding carboxylic acids is 1. The fourth-order valence-corrected chi connectivity index (χ4v) is 2.97. The van der Waals surface area contributed by atoms with Gasteiger partial charge in [-0.2, -0.15) is 0 Å². The van der Waals surface area contributed by atoms with Crippen molar-refractivity contribution >= 4 is 52.4 Å². The molecule has 1 fully saturated rings. The van der Waals surface area contributed by atoms with Crippen LogP contribution in [0, 0.1) is 0 Å². The molecule has 1 rings (SSSR count). The largest absolute Gasteiger partial charge is 0.444 e. The number of likely N-dealkylation sites (tertiary alicyclic amines) is 1. The zero-order valence-electron chi connectivity index (χ0n) is 11.2. The van der Waals surface area contributed by atoms with Crippen LogP contribution in [-0.4, -0.2) is 53.8 Å². The highest BCUT2D eigenvalue weighted by molar-refractivity contribution is 14.2. The van der Waals surface area contributed by atoms with Crippen molar-refractivity contribution in [1.29, 1.82) is 0 Å². The minimum Gasteiger partial charge on any atom is -0.444 e. The number of hydrogen-bond acceptors (Lipinski definition) is 5. The number of ether oxygens (including phenoxy) is 2. The van der Waals surface area contributed by atoms with E-state index in [0.29, 0.717) is 26.3 Å². The van der Waals surface area contributed by atoms with E-state index >= 15 is 0 Å². The van der Waals surface area contributed by atoms with Crippen LogP contribution in [0.2, 0.25) is 0 Å². The van der Waals surface area contributed by atoms with Crippen LogP contribution in [0.1, 0.15) is 20.8 Å². The van der Waals surface area contributed by atoms with Gasteiger partial charge in [0.25, 0.3) is 0 Å². The van der Waals surface area contributed by atoms with Crippen LogP contribution in [0.5, 0.6) is 0 Å². The quantitative estimate of drug-likeness (QED) is 0.268. The first kappa shape index (κ1) is 17.8. The number of alkyl halides is 1. The lowest BCUT2D eigenvalue weighted by atomic mass is 10.2. The molecular formula is C11H19BrINO4S. The number of carbonyl (C=O) groups is 1. The minimum absolute atomic E-state index is 0.0182. The zero-order valence-corrected chi connectivity index (χ0v) is 15.8. The van der Waals surface area contributed by atoms with Crippen molar-refractivity contribution in [3.8, 4) is 0 Å². The smallest absolute Gasteiger partial charge is 0.410 e. The summed E-state index contributed by atoms with van der Waals surface area (Å²) in [5.41, 5.74) is -0.469. The van der Waals surface area contributed by atoms with E-state index in [1.807, 2.05) is 20.8 Å². The molecule has 0 spiro atoms. The molecule has 0 radical (unpaired) electrons. The van der Waals surface area contributed by atoms with Crippen LogP contribution in [-0.2, 0) is 13.7 Å². The summed E-state index contributed by atoms with van der Waals surface area (Å²) in [6.07, 6.45) is -0.308. The van der Waals surface area contributed by atoms with Gasteiger partial charge in [0.2, 0.25) is 0 Å². The predicted molar refractivity (Wildman–Crippen MR) is 87.8 cm³/mol. The van der Waals surface area contributed by atoms with Crippen LogP contribution in [0.25, 0.3) is 0 Å². The molecule has 1 amide bonds. The SMILES string of the molecule is CC(C)(C)OC(=O)N1CC(Br)C(OCCOSI)C1. The highest BCUT2D eigenvalue weighted by Crippen LogP contribution is 2.23. The summed E-state index contributed by atoms with van der Waals surface area (Å²) in [7, 11) is 1.29. The Morgan fingerprint density at radius 1 is 1.42 bits per heavy atom. The second-order valence-electron chi connectivity index (χ2n) is 5.20. The third-order valence-electron chi connectivity index (χ3n) is 2.39. The standard InChI is InChI=1S/C11H19BrINO4S/c1-11(2,3)18-10(15)14-6-8(12)9(7-14)16-4-5-17-19-13/h8-9H,4-7H2,1-3H3. The summed E-state index contributed by atoms with van der Waals surface area (Å²) in [6, 6.07) is 0. The number of halogens is 2. The first-order valence-electron chi connectivity index (χ1n) is 5.97. The maximum atomic E-state index is 11.9. The topological polar surface area (TPSA) is 48.0 Å². The van der Waals surface area contributed by atoms with Crippen LogP contribution in [0.3, 0.4) is 0 Å². The maximum Gasteiger partial charge on any atom is 0.410 e. The lowest BCUT2D eigenvalue weighted by molar-refractivity contribution is 0.0186. The third kappa shape index (κ3) is 6.83. The molecule has 112 valence electrons. The van der Waals surface area contributed by atoms with Gasteiger partial charge >= 0.3 is 6.09 Å². The van der Waals surface area contributed by atoms with Gasteiger partial charge in [0.15, 0.2) is 0 Å². The Kier molecular flexibility index (Phi) is 7.73. The number of hydrogen-bond donors (Lipinski definition) is 0. The summed E-state index contributed by atoms with van der Waals surface area (Å²) in [5, 5.41) is 0. The molecule has 1 aliphatic rings. The van der Waals surface area contributed by atoms with Crippen molar-refractivity contribution in [2.24, 2.45) is 0 Å². The van der Waals surface area contributed by atoms with Gasteiger partial charge in [-0.05, 0) is 20.8 Å². The van der Waals surface area contributed by atoms with Crippen molar-refractivity contribution in [2.45, 2.75) is 37.3 Å². The molecule has 8 heteroatoms. The molecule has 2 unspecified atom stereocenters. The average Bonchev–Trinajstić information content (AvgIpc) is 2.64. The molecule has 0 bridgehead atoms. The number of rotatable bonds is 5. The molecule has 19 heavy (non-hydrogen) atoms. The summed E-state index contributed by atoms with van der Waals surface area (Å²) in [4.78, 5) is 13.7. The Labute approximate surface area is 139 Å². The molecule has 0 saturated carbocycles. The summed E-state index contributed by atoms with van der Waals surface area (Å²) >= 11 is 5.60. The normalized spacial score (nSPS) is 23.7. The molecule has 0 aromatic rings. The van der Waals surface area contributed by atoms with Gasteiger partial charge in [-0.3, -0.25) is 0 Å². The lowest BCUT2D eigenvalue weighted by Crippen LogP contribution is -2.36. The maximum absolute atomic E-state index is 11.9. The molecule has 0 aromatic heterocycles. The van der Waals surface area contributed by atoms with Gasteiger partial charge in [-0.25, -0.2) is 4.79 Å². The first-order chi connectivity index (χ1) is 8.83. The second-order valence-corrected chi connectivity index (χ2v) is 7.81. The molecule has 2 atom stereocenters. The van der Waals surface area contributed by atoms with Crippen molar-refractivity contribution < 1.29 is 18.5 Å². The summed E-state index contributed by atoms with van der Waals surface area (Å²) < 4.78 is 16.2. The predicted octanol–water partition coefficient (Wildman–Crippen LogP) is 3.40. The van der Waals surface area contributed by atoms with E-state index in [0.717, 1.165) is 0 Å². The van der Waals surface area contributed by atoms with E-state index in [4.69, 9.17) is 13.7 Å². The average molecular weight is 468 g/mol. The second kappa shape index (κ2) is 8.26. The third-order valence-corrected chi connectivity index (χ3v) is 4.29. The van der Waals surface area contributed by atoms with Gasteiger partial charge < -0.3 is 18.6 Å². The molecule has 1 aliphatic heterocycles. The van der Waals surface area contributed by atoms with E-state index in [1.165, 1.54) is 9.21 Å². The molecule has 1 heterocycles. The molecule has 1 saturated heterocycles.